The Balaban J connectivity index is 2.69. The van der Waals surface area contributed by atoms with Crippen molar-refractivity contribution in [3.05, 3.63) is 35.9 Å². The second-order valence-corrected chi connectivity index (χ2v) is 2.82. The van der Waals surface area contributed by atoms with Gasteiger partial charge in [-0.2, -0.15) is 0 Å². The van der Waals surface area contributed by atoms with Crippen LogP contribution in [-0.2, 0) is 4.79 Å². The Bertz CT molecular complexity index is 311. The maximum atomic E-state index is 10.9. The van der Waals surface area contributed by atoms with Gasteiger partial charge in [0.15, 0.2) is 5.78 Å². The van der Waals surface area contributed by atoms with Gasteiger partial charge in [-0.1, -0.05) is 25.1 Å². The predicted octanol–water partition coefficient (Wildman–Crippen LogP) is 2.26. The third-order valence-electron chi connectivity index (χ3n) is 1.75. The summed E-state index contributed by atoms with van der Waals surface area (Å²) in [4.78, 5) is 10.9. The molecule has 0 heterocycles. The summed E-state index contributed by atoms with van der Waals surface area (Å²) in [7, 11) is 0. The number of carbonyl (C=O) groups excluding carboxylic acids is 1. The molecule has 0 radical (unpaired) electrons. The Morgan fingerprint density at radius 1 is 1.38 bits per heavy atom. The molecule has 13 heavy (non-hydrogen) atoms. The molecule has 2 nitrogen and oxygen atoms in total. The minimum atomic E-state index is 0.136. The molecule has 1 aromatic carbocycles. The smallest absolute Gasteiger partial charge is 0.155 e. The first kappa shape index (κ1) is 9.52. The Hall–Kier alpha value is -1.57. The van der Waals surface area contributed by atoms with Gasteiger partial charge in [0.1, 0.15) is 0 Å². The van der Waals surface area contributed by atoms with E-state index in [0.717, 1.165) is 11.3 Å². The lowest BCUT2D eigenvalue weighted by atomic mass is 10.1. The molecular formula is C11H13NO. The van der Waals surface area contributed by atoms with E-state index in [2.05, 4.69) is 0 Å². The summed E-state index contributed by atoms with van der Waals surface area (Å²) in [5.74, 6) is 0.136. The number of benzene rings is 1. The first-order valence-electron chi connectivity index (χ1n) is 4.29. The average Bonchev–Trinajstić information content (AvgIpc) is 2.16. The average molecular weight is 175 g/mol. The number of nitrogens with two attached hydrogens (primary N) is 1. The van der Waals surface area contributed by atoms with Crippen LogP contribution in [0.1, 0.15) is 18.9 Å². The van der Waals surface area contributed by atoms with E-state index in [-0.39, 0.29) is 5.78 Å². The number of nitrogen functional groups attached to an aromatic ring is 1. The van der Waals surface area contributed by atoms with Crippen LogP contribution in [0.25, 0.3) is 6.08 Å². The van der Waals surface area contributed by atoms with E-state index in [0.29, 0.717) is 6.42 Å². The van der Waals surface area contributed by atoms with E-state index in [4.69, 9.17) is 5.73 Å². The van der Waals surface area contributed by atoms with Gasteiger partial charge in [0.25, 0.3) is 0 Å². The minimum Gasteiger partial charge on any atom is -0.399 e. The number of rotatable bonds is 3. The van der Waals surface area contributed by atoms with Crippen LogP contribution in [0, 0.1) is 0 Å². The highest BCUT2D eigenvalue weighted by molar-refractivity contribution is 5.93. The highest BCUT2D eigenvalue weighted by atomic mass is 16.1. The van der Waals surface area contributed by atoms with Crippen LogP contribution in [0.3, 0.4) is 0 Å². The third-order valence-corrected chi connectivity index (χ3v) is 1.75. The number of carbonyl (C=O) groups is 1. The zero-order valence-electron chi connectivity index (χ0n) is 7.66. The van der Waals surface area contributed by atoms with Gasteiger partial charge in [0, 0.05) is 12.1 Å². The standard InChI is InChI=1S/C11H13NO/c1-2-11(13)8-5-9-3-6-10(12)7-4-9/h3-8H,2,12H2,1H3/b8-5+. The molecule has 0 bridgehead atoms. The highest BCUT2D eigenvalue weighted by Gasteiger charge is 1.90. The Kier molecular flexibility index (Phi) is 3.26. The summed E-state index contributed by atoms with van der Waals surface area (Å²) in [5.41, 5.74) is 7.25. The summed E-state index contributed by atoms with van der Waals surface area (Å²) in [6, 6.07) is 7.40. The monoisotopic (exact) mass is 175 g/mol. The molecule has 0 saturated heterocycles. The third kappa shape index (κ3) is 3.11. The van der Waals surface area contributed by atoms with E-state index >= 15 is 0 Å². The molecular weight excluding hydrogens is 162 g/mol. The largest absolute Gasteiger partial charge is 0.399 e. The molecule has 0 spiro atoms. The highest BCUT2D eigenvalue weighted by Crippen LogP contribution is 2.07. The molecule has 1 rings (SSSR count). The van der Waals surface area contributed by atoms with Crippen molar-refractivity contribution in [2.75, 3.05) is 5.73 Å². The van der Waals surface area contributed by atoms with Crippen molar-refractivity contribution in [2.24, 2.45) is 0 Å². The molecule has 0 aliphatic heterocycles. The van der Waals surface area contributed by atoms with Gasteiger partial charge >= 0.3 is 0 Å². The lowest BCUT2D eigenvalue weighted by Crippen LogP contribution is -1.87. The molecule has 68 valence electrons. The maximum absolute atomic E-state index is 10.9. The van der Waals surface area contributed by atoms with Crippen LogP contribution >= 0.6 is 0 Å². The Morgan fingerprint density at radius 2 is 2.00 bits per heavy atom. The molecule has 0 aliphatic rings. The summed E-state index contributed by atoms with van der Waals surface area (Å²) >= 11 is 0. The van der Waals surface area contributed by atoms with Crippen LogP contribution in [-0.4, -0.2) is 5.78 Å². The quantitative estimate of drug-likeness (QED) is 0.565. The molecule has 0 unspecified atom stereocenters. The molecule has 0 aromatic heterocycles. The van der Waals surface area contributed by atoms with Gasteiger partial charge in [0.05, 0.1) is 0 Å². The fourth-order valence-corrected chi connectivity index (χ4v) is 0.914. The lowest BCUT2D eigenvalue weighted by Gasteiger charge is -1.93. The summed E-state index contributed by atoms with van der Waals surface area (Å²) in [6.07, 6.45) is 3.93. The number of anilines is 1. The normalized spacial score (nSPS) is 10.5. The van der Waals surface area contributed by atoms with E-state index in [1.807, 2.05) is 31.2 Å². The van der Waals surface area contributed by atoms with Gasteiger partial charge in [-0.3, -0.25) is 4.79 Å². The van der Waals surface area contributed by atoms with Gasteiger partial charge in [0.2, 0.25) is 0 Å². The number of hydrogen-bond acceptors (Lipinski definition) is 2. The second kappa shape index (κ2) is 4.45. The lowest BCUT2D eigenvalue weighted by molar-refractivity contribution is -0.114. The SMILES string of the molecule is CCC(=O)/C=C/c1ccc(N)cc1. The molecule has 0 fully saturated rings. The van der Waals surface area contributed by atoms with E-state index in [1.54, 1.807) is 12.2 Å². The van der Waals surface area contributed by atoms with Crippen LogP contribution in [0.15, 0.2) is 30.3 Å². The van der Waals surface area contributed by atoms with Gasteiger partial charge in [-0.15, -0.1) is 0 Å². The van der Waals surface area contributed by atoms with E-state index in [1.165, 1.54) is 0 Å². The van der Waals surface area contributed by atoms with Crippen LogP contribution in [0.4, 0.5) is 5.69 Å². The van der Waals surface area contributed by atoms with Crippen molar-refractivity contribution in [3.63, 3.8) is 0 Å². The number of hydrogen-bond donors (Lipinski definition) is 1. The van der Waals surface area contributed by atoms with Crippen molar-refractivity contribution >= 4 is 17.5 Å². The molecule has 0 saturated carbocycles. The van der Waals surface area contributed by atoms with E-state index < -0.39 is 0 Å². The van der Waals surface area contributed by atoms with Crippen molar-refractivity contribution in [2.45, 2.75) is 13.3 Å². The van der Waals surface area contributed by atoms with Gasteiger partial charge in [-0.25, -0.2) is 0 Å². The van der Waals surface area contributed by atoms with Crippen LogP contribution in [0.2, 0.25) is 0 Å². The molecule has 0 amide bonds. The number of ketones is 1. The Morgan fingerprint density at radius 3 is 2.54 bits per heavy atom. The maximum Gasteiger partial charge on any atom is 0.155 e. The first-order valence-corrected chi connectivity index (χ1v) is 4.29. The Labute approximate surface area is 78.1 Å². The molecule has 2 N–H and O–H groups in total. The topological polar surface area (TPSA) is 43.1 Å². The molecule has 0 atom stereocenters. The van der Waals surface area contributed by atoms with Crippen molar-refractivity contribution in [1.82, 2.24) is 0 Å². The summed E-state index contributed by atoms with van der Waals surface area (Å²) < 4.78 is 0. The van der Waals surface area contributed by atoms with Crippen molar-refractivity contribution in [3.8, 4) is 0 Å². The fourth-order valence-electron chi connectivity index (χ4n) is 0.914. The fraction of sp³-hybridized carbons (Fsp3) is 0.182. The van der Waals surface area contributed by atoms with E-state index in [9.17, 15) is 4.79 Å². The van der Waals surface area contributed by atoms with Crippen molar-refractivity contribution < 1.29 is 4.79 Å². The van der Waals surface area contributed by atoms with Crippen LogP contribution in [0.5, 0.6) is 0 Å². The number of allylic oxidation sites excluding steroid dienone is 1. The van der Waals surface area contributed by atoms with Crippen molar-refractivity contribution in [1.29, 1.82) is 0 Å². The second-order valence-electron chi connectivity index (χ2n) is 2.82. The van der Waals surface area contributed by atoms with Gasteiger partial charge < -0.3 is 5.73 Å². The van der Waals surface area contributed by atoms with Gasteiger partial charge in [-0.05, 0) is 23.8 Å². The minimum absolute atomic E-state index is 0.136. The summed E-state index contributed by atoms with van der Waals surface area (Å²) in [6.45, 7) is 1.84. The zero-order chi connectivity index (χ0) is 9.68. The van der Waals surface area contributed by atoms with Crippen LogP contribution < -0.4 is 5.73 Å². The predicted molar refractivity (Wildman–Crippen MR) is 55.2 cm³/mol. The summed E-state index contributed by atoms with van der Waals surface area (Å²) in [5, 5.41) is 0. The molecule has 1 aromatic rings. The molecule has 0 aliphatic carbocycles. The zero-order valence-corrected chi connectivity index (χ0v) is 7.66. The first-order chi connectivity index (χ1) is 6.22. The molecule has 2 heteroatoms.